The highest BCUT2D eigenvalue weighted by molar-refractivity contribution is 9.10. The lowest BCUT2D eigenvalue weighted by Crippen LogP contribution is -2.33. The molecule has 7 heteroatoms. The van der Waals surface area contributed by atoms with Crippen LogP contribution in [0.4, 0.5) is 5.69 Å². The van der Waals surface area contributed by atoms with Gasteiger partial charge in [-0.05, 0) is 45.8 Å². The highest BCUT2D eigenvalue weighted by atomic mass is 79.9. The van der Waals surface area contributed by atoms with Gasteiger partial charge in [0.05, 0.1) is 18.7 Å². The zero-order valence-corrected chi connectivity index (χ0v) is 15.0. The van der Waals surface area contributed by atoms with Crippen LogP contribution >= 0.6 is 39.1 Å². The normalized spacial score (nSPS) is 10.2. The third-order valence-corrected chi connectivity index (χ3v) is 4.24. The van der Waals surface area contributed by atoms with E-state index in [0.717, 1.165) is 4.47 Å². The van der Waals surface area contributed by atoms with Crippen molar-refractivity contribution in [1.29, 1.82) is 0 Å². The summed E-state index contributed by atoms with van der Waals surface area (Å²) in [7, 11) is 0. The van der Waals surface area contributed by atoms with Crippen molar-refractivity contribution in [3.63, 3.8) is 0 Å². The minimum atomic E-state index is -0.313. The van der Waals surface area contributed by atoms with Crippen LogP contribution in [0.1, 0.15) is 5.56 Å². The Morgan fingerprint density at radius 2 is 1.78 bits per heavy atom. The van der Waals surface area contributed by atoms with Crippen LogP contribution in [-0.4, -0.2) is 18.4 Å². The van der Waals surface area contributed by atoms with E-state index in [1.165, 1.54) is 0 Å². The molecule has 0 aliphatic heterocycles. The molecule has 120 valence electrons. The van der Waals surface area contributed by atoms with Crippen molar-refractivity contribution in [1.82, 2.24) is 5.32 Å². The summed E-state index contributed by atoms with van der Waals surface area (Å²) >= 11 is 15.2. The van der Waals surface area contributed by atoms with Crippen LogP contribution in [0, 0.1) is 0 Å². The van der Waals surface area contributed by atoms with Gasteiger partial charge < -0.3 is 10.6 Å². The molecule has 0 spiro atoms. The monoisotopic (exact) mass is 414 g/mol. The quantitative estimate of drug-likeness (QED) is 0.773. The van der Waals surface area contributed by atoms with Gasteiger partial charge in [0.2, 0.25) is 11.8 Å². The molecule has 2 aromatic carbocycles. The van der Waals surface area contributed by atoms with Gasteiger partial charge in [-0.2, -0.15) is 0 Å². The molecule has 0 aliphatic rings. The topological polar surface area (TPSA) is 58.2 Å². The largest absolute Gasteiger partial charge is 0.347 e. The van der Waals surface area contributed by atoms with Crippen molar-refractivity contribution >= 4 is 56.6 Å². The molecule has 0 aliphatic carbocycles. The highest BCUT2D eigenvalue weighted by Gasteiger charge is 2.10. The number of carbonyl (C=O) groups excluding carboxylic acids is 2. The number of rotatable bonds is 5. The summed E-state index contributed by atoms with van der Waals surface area (Å²) in [6.45, 7) is -0.120. The molecular weight excluding hydrogens is 403 g/mol. The maximum atomic E-state index is 11.9. The number of carbonyl (C=O) groups is 2. The van der Waals surface area contributed by atoms with Gasteiger partial charge in [0.1, 0.15) is 0 Å². The van der Waals surface area contributed by atoms with Crippen molar-refractivity contribution < 1.29 is 9.59 Å². The second kappa shape index (κ2) is 8.34. The Morgan fingerprint density at radius 1 is 1.04 bits per heavy atom. The van der Waals surface area contributed by atoms with Crippen LogP contribution in [0.5, 0.6) is 0 Å². The molecule has 2 rings (SSSR count). The molecule has 0 unspecified atom stereocenters. The first-order valence-electron chi connectivity index (χ1n) is 6.70. The molecular formula is C16H13BrCl2N2O2. The molecule has 0 radical (unpaired) electrons. The van der Waals surface area contributed by atoms with E-state index in [9.17, 15) is 9.59 Å². The van der Waals surface area contributed by atoms with E-state index in [-0.39, 0.29) is 24.8 Å². The maximum absolute atomic E-state index is 11.9. The van der Waals surface area contributed by atoms with E-state index in [2.05, 4.69) is 26.6 Å². The third kappa shape index (κ3) is 5.53. The third-order valence-electron chi connectivity index (χ3n) is 2.96. The molecule has 0 bridgehead atoms. The summed E-state index contributed by atoms with van der Waals surface area (Å²) in [4.78, 5) is 23.7. The standard InChI is InChI=1S/C16H13BrCl2N2O2/c17-12-3-1-2-4-14(12)21-16(23)9-20-15(22)7-10-5-6-11(18)8-13(10)19/h1-6,8H,7,9H2,(H,20,22)(H,21,23). The highest BCUT2D eigenvalue weighted by Crippen LogP contribution is 2.22. The molecule has 2 N–H and O–H groups in total. The number of hydrogen-bond acceptors (Lipinski definition) is 2. The molecule has 0 fully saturated rings. The summed E-state index contributed by atoms with van der Waals surface area (Å²) < 4.78 is 0.771. The van der Waals surface area contributed by atoms with E-state index >= 15 is 0 Å². The first-order valence-corrected chi connectivity index (χ1v) is 8.25. The summed E-state index contributed by atoms with van der Waals surface area (Å²) in [6, 6.07) is 12.2. The zero-order valence-electron chi connectivity index (χ0n) is 11.9. The average molecular weight is 416 g/mol. The maximum Gasteiger partial charge on any atom is 0.243 e. The Morgan fingerprint density at radius 3 is 2.48 bits per heavy atom. The molecule has 0 heterocycles. The Bertz CT molecular complexity index is 738. The van der Waals surface area contributed by atoms with E-state index < -0.39 is 0 Å². The van der Waals surface area contributed by atoms with Crippen LogP contribution < -0.4 is 10.6 Å². The summed E-state index contributed by atoms with van der Waals surface area (Å²) in [5.41, 5.74) is 1.30. The molecule has 2 aromatic rings. The number of amides is 2. The van der Waals surface area contributed by atoms with E-state index in [1.807, 2.05) is 18.2 Å². The predicted molar refractivity (Wildman–Crippen MR) is 95.9 cm³/mol. The van der Waals surface area contributed by atoms with Gasteiger partial charge in [-0.3, -0.25) is 9.59 Å². The number of hydrogen-bond donors (Lipinski definition) is 2. The van der Waals surface area contributed by atoms with Crippen molar-refractivity contribution in [2.24, 2.45) is 0 Å². The lowest BCUT2D eigenvalue weighted by atomic mass is 10.1. The number of para-hydroxylation sites is 1. The molecule has 23 heavy (non-hydrogen) atoms. The van der Waals surface area contributed by atoms with Gasteiger partial charge in [0, 0.05) is 14.5 Å². The Balaban J connectivity index is 1.84. The summed E-state index contributed by atoms with van der Waals surface area (Å²) in [5.74, 6) is -0.607. The summed E-state index contributed by atoms with van der Waals surface area (Å²) in [5, 5.41) is 6.19. The molecule has 4 nitrogen and oxygen atoms in total. The lowest BCUT2D eigenvalue weighted by Gasteiger charge is -2.09. The fourth-order valence-electron chi connectivity index (χ4n) is 1.84. The van der Waals surface area contributed by atoms with Crippen LogP contribution in [0.2, 0.25) is 10.0 Å². The van der Waals surface area contributed by atoms with Gasteiger partial charge in [0.25, 0.3) is 0 Å². The van der Waals surface area contributed by atoms with E-state index in [1.54, 1.807) is 24.3 Å². The van der Waals surface area contributed by atoms with Crippen LogP contribution in [0.15, 0.2) is 46.9 Å². The second-order valence-corrected chi connectivity index (χ2v) is 6.42. The lowest BCUT2D eigenvalue weighted by molar-refractivity contribution is -0.123. The SMILES string of the molecule is O=C(Cc1ccc(Cl)cc1Cl)NCC(=O)Nc1ccccc1Br. The molecule has 0 aromatic heterocycles. The van der Waals surface area contributed by atoms with Gasteiger partial charge in [0.15, 0.2) is 0 Å². The Labute approximate surface area is 152 Å². The first kappa shape index (κ1) is 17.8. The predicted octanol–water partition coefficient (Wildman–Crippen LogP) is 4.05. The molecule has 0 atom stereocenters. The van der Waals surface area contributed by atoms with Gasteiger partial charge >= 0.3 is 0 Å². The van der Waals surface area contributed by atoms with Crippen molar-refractivity contribution in [3.05, 3.63) is 62.5 Å². The van der Waals surface area contributed by atoms with Gasteiger partial charge in [-0.25, -0.2) is 0 Å². The van der Waals surface area contributed by atoms with Crippen LogP contribution in [0.3, 0.4) is 0 Å². The van der Waals surface area contributed by atoms with Crippen LogP contribution in [0.25, 0.3) is 0 Å². The fraction of sp³-hybridized carbons (Fsp3) is 0.125. The smallest absolute Gasteiger partial charge is 0.243 e. The Kier molecular flexibility index (Phi) is 6.45. The number of benzene rings is 2. The van der Waals surface area contributed by atoms with Crippen LogP contribution in [-0.2, 0) is 16.0 Å². The molecule has 2 amide bonds. The minimum absolute atomic E-state index is 0.0817. The fourth-order valence-corrected chi connectivity index (χ4v) is 2.70. The van der Waals surface area contributed by atoms with Gasteiger partial charge in [-0.1, -0.05) is 41.4 Å². The average Bonchev–Trinajstić information content (AvgIpc) is 2.50. The number of halogens is 3. The molecule has 0 saturated carbocycles. The zero-order chi connectivity index (χ0) is 16.8. The second-order valence-electron chi connectivity index (χ2n) is 4.72. The van der Waals surface area contributed by atoms with Crippen molar-refractivity contribution in [2.45, 2.75) is 6.42 Å². The van der Waals surface area contributed by atoms with Crippen molar-refractivity contribution in [3.8, 4) is 0 Å². The van der Waals surface area contributed by atoms with Gasteiger partial charge in [-0.15, -0.1) is 0 Å². The van der Waals surface area contributed by atoms with Crippen molar-refractivity contribution in [2.75, 3.05) is 11.9 Å². The number of anilines is 1. The summed E-state index contributed by atoms with van der Waals surface area (Å²) in [6.07, 6.45) is 0.0817. The Hall–Kier alpha value is -1.56. The minimum Gasteiger partial charge on any atom is -0.347 e. The van der Waals surface area contributed by atoms with E-state index in [4.69, 9.17) is 23.2 Å². The molecule has 0 saturated heterocycles. The first-order chi connectivity index (χ1) is 11.0. The van der Waals surface area contributed by atoms with E-state index in [0.29, 0.717) is 21.3 Å². The number of nitrogens with one attached hydrogen (secondary N) is 2.